The first-order valence-electron chi connectivity index (χ1n) is 8.54. The number of anilines is 1. The summed E-state index contributed by atoms with van der Waals surface area (Å²) in [6.45, 7) is 4.97. The van der Waals surface area contributed by atoms with Crippen molar-refractivity contribution in [1.82, 2.24) is 14.8 Å². The topological polar surface area (TPSA) is 82.8 Å². The zero-order valence-electron chi connectivity index (χ0n) is 14.1. The number of hydrogen-bond donors (Lipinski definition) is 1. The number of piperazine rings is 1. The maximum absolute atomic E-state index is 12.7. The SMILES string of the molecule is CN1CCN(c2cccc(C(=O)N3CCC(C(N)=O)CC3)n2)CC1. The van der Waals surface area contributed by atoms with E-state index in [1.807, 2.05) is 12.1 Å². The molecule has 3 rings (SSSR count). The number of rotatable bonds is 3. The van der Waals surface area contributed by atoms with Crippen LogP contribution in [0.3, 0.4) is 0 Å². The van der Waals surface area contributed by atoms with Crippen LogP contribution in [0.15, 0.2) is 18.2 Å². The van der Waals surface area contributed by atoms with E-state index in [1.54, 1.807) is 11.0 Å². The van der Waals surface area contributed by atoms with Crippen molar-refractivity contribution in [2.75, 3.05) is 51.2 Å². The van der Waals surface area contributed by atoms with Gasteiger partial charge in [0.05, 0.1) is 0 Å². The molecule has 0 radical (unpaired) electrons. The summed E-state index contributed by atoms with van der Waals surface area (Å²) in [5.41, 5.74) is 5.82. The summed E-state index contributed by atoms with van der Waals surface area (Å²) in [6, 6.07) is 5.62. The van der Waals surface area contributed by atoms with Gasteiger partial charge in [0, 0.05) is 45.2 Å². The third-order valence-electron chi connectivity index (χ3n) is 4.97. The molecule has 1 aromatic heterocycles. The van der Waals surface area contributed by atoms with Crippen molar-refractivity contribution in [3.63, 3.8) is 0 Å². The van der Waals surface area contributed by atoms with Gasteiger partial charge >= 0.3 is 0 Å². The fourth-order valence-electron chi connectivity index (χ4n) is 3.28. The third-order valence-corrected chi connectivity index (χ3v) is 4.97. The lowest BCUT2D eigenvalue weighted by Crippen LogP contribution is -2.45. The first kappa shape index (κ1) is 16.7. The van der Waals surface area contributed by atoms with E-state index in [0.717, 1.165) is 32.0 Å². The summed E-state index contributed by atoms with van der Waals surface area (Å²) in [7, 11) is 2.11. The third kappa shape index (κ3) is 3.67. The van der Waals surface area contributed by atoms with Crippen LogP contribution in [0.1, 0.15) is 23.3 Å². The van der Waals surface area contributed by atoms with E-state index in [9.17, 15) is 9.59 Å². The maximum Gasteiger partial charge on any atom is 0.272 e. The van der Waals surface area contributed by atoms with Crippen molar-refractivity contribution in [3.05, 3.63) is 23.9 Å². The van der Waals surface area contributed by atoms with Gasteiger partial charge in [-0.05, 0) is 32.0 Å². The van der Waals surface area contributed by atoms with E-state index in [0.29, 0.717) is 31.6 Å². The number of pyridine rings is 1. The number of nitrogens with zero attached hydrogens (tertiary/aromatic N) is 4. The van der Waals surface area contributed by atoms with Crippen LogP contribution >= 0.6 is 0 Å². The summed E-state index contributed by atoms with van der Waals surface area (Å²) in [5.74, 6) is 0.422. The average molecular weight is 331 g/mol. The molecule has 2 aliphatic heterocycles. The number of amides is 2. The fraction of sp³-hybridized carbons (Fsp3) is 0.588. The van der Waals surface area contributed by atoms with Gasteiger partial charge in [-0.15, -0.1) is 0 Å². The second kappa shape index (κ2) is 7.17. The van der Waals surface area contributed by atoms with Crippen molar-refractivity contribution in [1.29, 1.82) is 0 Å². The number of piperidine rings is 1. The van der Waals surface area contributed by atoms with Crippen molar-refractivity contribution in [3.8, 4) is 0 Å². The summed E-state index contributed by atoms with van der Waals surface area (Å²) in [6.07, 6.45) is 1.28. The van der Waals surface area contributed by atoms with Crippen LogP contribution < -0.4 is 10.6 Å². The number of nitrogens with two attached hydrogens (primary N) is 1. The Hall–Kier alpha value is -2.15. The second-order valence-electron chi connectivity index (χ2n) is 6.64. The number of primary amides is 1. The molecule has 1 aromatic rings. The smallest absolute Gasteiger partial charge is 0.272 e. The molecule has 3 heterocycles. The van der Waals surface area contributed by atoms with Crippen molar-refractivity contribution >= 4 is 17.6 Å². The lowest BCUT2D eigenvalue weighted by atomic mass is 9.96. The van der Waals surface area contributed by atoms with E-state index in [2.05, 4.69) is 21.8 Å². The van der Waals surface area contributed by atoms with Crippen molar-refractivity contribution in [2.24, 2.45) is 11.7 Å². The van der Waals surface area contributed by atoms with Gasteiger partial charge in [-0.2, -0.15) is 0 Å². The normalized spacial score (nSPS) is 20.2. The van der Waals surface area contributed by atoms with E-state index in [-0.39, 0.29) is 17.7 Å². The molecule has 7 heteroatoms. The highest BCUT2D eigenvalue weighted by atomic mass is 16.2. The molecule has 0 bridgehead atoms. The van der Waals surface area contributed by atoms with Gasteiger partial charge in [-0.3, -0.25) is 9.59 Å². The molecule has 0 saturated carbocycles. The van der Waals surface area contributed by atoms with Crippen LogP contribution in [0.5, 0.6) is 0 Å². The molecular weight excluding hydrogens is 306 g/mol. The maximum atomic E-state index is 12.7. The first-order chi connectivity index (χ1) is 11.5. The second-order valence-corrected chi connectivity index (χ2v) is 6.64. The summed E-state index contributed by atoms with van der Waals surface area (Å²) in [5, 5.41) is 0. The molecule has 0 aliphatic carbocycles. The highest BCUT2D eigenvalue weighted by Gasteiger charge is 2.27. The van der Waals surface area contributed by atoms with E-state index < -0.39 is 0 Å². The Labute approximate surface area is 142 Å². The minimum absolute atomic E-state index is 0.0612. The zero-order chi connectivity index (χ0) is 17.1. The highest BCUT2D eigenvalue weighted by Crippen LogP contribution is 2.20. The number of likely N-dealkylation sites (N-methyl/N-ethyl adjacent to an activating group) is 1. The molecule has 24 heavy (non-hydrogen) atoms. The van der Waals surface area contributed by atoms with Crippen LogP contribution in [0, 0.1) is 5.92 Å². The molecule has 0 aromatic carbocycles. The Bertz CT molecular complexity index is 605. The Balaban J connectivity index is 1.65. The number of hydrogen-bond acceptors (Lipinski definition) is 5. The average Bonchev–Trinajstić information content (AvgIpc) is 2.62. The Kier molecular flexibility index (Phi) is 4.99. The quantitative estimate of drug-likeness (QED) is 0.854. The molecule has 7 nitrogen and oxygen atoms in total. The van der Waals surface area contributed by atoms with Crippen LogP contribution in [0.2, 0.25) is 0 Å². The van der Waals surface area contributed by atoms with Crippen LogP contribution in [-0.4, -0.2) is 72.9 Å². The summed E-state index contributed by atoms with van der Waals surface area (Å²) < 4.78 is 0. The molecule has 2 aliphatic rings. The number of aromatic nitrogens is 1. The van der Waals surface area contributed by atoms with Gasteiger partial charge in [-0.25, -0.2) is 4.98 Å². The standard InChI is InChI=1S/C17H25N5O2/c1-20-9-11-21(12-10-20)15-4-2-3-14(19-15)17(24)22-7-5-13(6-8-22)16(18)23/h2-4,13H,5-12H2,1H3,(H2,18,23). The fourth-order valence-corrected chi connectivity index (χ4v) is 3.28. The van der Waals surface area contributed by atoms with Crippen LogP contribution in [-0.2, 0) is 4.79 Å². The molecular formula is C17H25N5O2. The molecule has 2 saturated heterocycles. The molecule has 0 spiro atoms. The summed E-state index contributed by atoms with van der Waals surface area (Å²) >= 11 is 0. The zero-order valence-corrected chi connectivity index (χ0v) is 14.1. The summed E-state index contributed by atoms with van der Waals surface area (Å²) in [4.78, 5) is 34.8. The van der Waals surface area contributed by atoms with Gasteiger partial charge < -0.3 is 20.4 Å². The molecule has 2 amide bonds. The Morgan fingerprint density at radius 2 is 1.75 bits per heavy atom. The molecule has 2 fully saturated rings. The molecule has 0 atom stereocenters. The predicted molar refractivity (Wildman–Crippen MR) is 91.8 cm³/mol. The van der Waals surface area contributed by atoms with Crippen LogP contribution in [0.4, 0.5) is 5.82 Å². The monoisotopic (exact) mass is 331 g/mol. The van der Waals surface area contributed by atoms with Crippen molar-refractivity contribution in [2.45, 2.75) is 12.8 Å². The van der Waals surface area contributed by atoms with Gasteiger partial charge in [0.25, 0.3) is 5.91 Å². The minimum Gasteiger partial charge on any atom is -0.369 e. The van der Waals surface area contributed by atoms with Gasteiger partial charge in [0.15, 0.2) is 0 Å². The largest absolute Gasteiger partial charge is 0.369 e. The van der Waals surface area contributed by atoms with Crippen LogP contribution in [0.25, 0.3) is 0 Å². The van der Waals surface area contributed by atoms with E-state index in [4.69, 9.17) is 5.73 Å². The lowest BCUT2D eigenvalue weighted by molar-refractivity contribution is -0.123. The van der Waals surface area contributed by atoms with E-state index in [1.165, 1.54) is 0 Å². The predicted octanol–water partition coefficient (Wildman–Crippen LogP) is 0.171. The van der Waals surface area contributed by atoms with Gasteiger partial charge in [0.1, 0.15) is 11.5 Å². The molecule has 2 N–H and O–H groups in total. The Morgan fingerprint density at radius 1 is 1.08 bits per heavy atom. The number of likely N-dealkylation sites (tertiary alicyclic amines) is 1. The number of carbonyl (C=O) groups is 2. The van der Waals surface area contributed by atoms with Gasteiger partial charge in [0.2, 0.25) is 5.91 Å². The Morgan fingerprint density at radius 3 is 2.38 bits per heavy atom. The highest BCUT2D eigenvalue weighted by molar-refractivity contribution is 5.93. The minimum atomic E-state index is -0.266. The van der Waals surface area contributed by atoms with Gasteiger partial charge in [-0.1, -0.05) is 6.07 Å². The molecule has 0 unspecified atom stereocenters. The van der Waals surface area contributed by atoms with E-state index >= 15 is 0 Å². The lowest BCUT2D eigenvalue weighted by Gasteiger charge is -2.33. The number of carbonyl (C=O) groups excluding carboxylic acids is 2. The first-order valence-corrected chi connectivity index (χ1v) is 8.54. The van der Waals surface area contributed by atoms with Crippen molar-refractivity contribution < 1.29 is 9.59 Å². The molecule has 130 valence electrons.